The summed E-state index contributed by atoms with van der Waals surface area (Å²) in [5, 5.41) is 18.2. The van der Waals surface area contributed by atoms with Crippen molar-refractivity contribution < 1.29 is 15.0 Å². The fraction of sp³-hybridized carbons (Fsp3) is 0.364. The summed E-state index contributed by atoms with van der Waals surface area (Å²) in [7, 11) is 0. The maximum absolute atomic E-state index is 10.5. The molecule has 0 spiro atoms. The van der Waals surface area contributed by atoms with Crippen LogP contribution in [0.25, 0.3) is 0 Å². The summed E-state index contributed by atoms with van der Waals surface area (Å²) in [5.41, 5.74) is 0.751. The van der Waals surface area contributed by atoms with E-state index in [9.17, 15) is 9.90 Å². The fourth-order valence-corrected chi connectivity index (χ4v) is 1.36. The first-order valence-electron chi connectivity index (χ1n) is 4.84. The largest absolute Gasteiger partial charge is 0.508 e. The molecule has 0 saturated carbocycles. The van der Waals surface area contributed by atoms with Gasteiger partial charge in [0.25, 0.3) is 0 Å². The first-order chi connectivity index (χ1) is 7.13. The van der Waals surface area contributed by atoms with E-state index in [2.05, 4.69) is 0 Å². The van der Waals surface area contributed by atoms with Crippen molar-refractivity contribution in [2.45, 2.75) is 13.5 Å². The van der Waals surface area contributed by atoms with Crippen LogP contribution in [-0.2, 0) is 11.3 Å². The fourth-order valence-electron chi connectivity index (χ4n) is 1.36. The summed E-state index contributed by atoms with van der Waals surface area (Å²) in [4.78, 5) is 12.3. The molecule has 1 rings (SSSR count). The Morgan fingerprint density at radius 2 is 2.07 bits per heavy atom. The molecule has 4 nitrogen and oxygen atoms in total. The highest BCUT2D eigenvalue weighted by atomic mass is 16.4. The van der Waals surface area contributed by atoms with Gasteiger partial charge in [-0.2, -0.15) is 0 Å². The van der Waals surface area contributed by atoms with Crippen LogP contribution in [-0.4, -0.2) is 34.2 Å². The zero-order valence-corrected chi connectivity index (χ0v) is 8.68. The van der Waals surface area contributed by atoms with E-state index in [1.54, 1.807) is 23.1 Å². The van der Waals surface area contributed by atoms with Crippen molar-refractivity contribution in [3.05, 3.63) is 29.8 Å². The quantitative estimate of drug-likeness (QED) is 0.767. The average molecular weight is 209 g/mol. The standard InChI is InChI=1S/C11H15NO3/c1-2-12(8-11(14)15)7-9-5-3-4-6-10(9)13/h3-6,13H,2,7-8H2,1H3,(H,14,15). The molecular weight excluding hydrogens is 194 g/mol. The van der Waals surface area contributed by atoms with Crippen LogP contribution in [0.5, 0.6) is 5.75 Å². The molecule has 0 amide bonds. The third-order valence-corrected chi connectivity index (χ3v) is 2.19. The van der Waals surface area contributed by atoms with E-state index in [0.29, 0.717) is 13.1 Å². The molecule has 0 unspecified atom stereocenters. The molecule has 0 saturated heterocycles. The molecule has 0 bridgehead atoms. The van der Waals surface area contributed by atoms with Crippen molar-refractivity contribution in [2.24, 2.45) is 0 Å². The minimum absolute atomic E-state index is 0.00909. The van der Waals surface area contributed by atoms with E-state index in [0.717, 1.165) is 5.56 Å². The van der Waals surface area contributed by atoms with Gasteiger partial charge in [0.1, 0.15) is 5.75 Å². The van der Waals surface area contributed by atoms with E-state index in [1.165, 1.54) is 0 Å². The summed E-state index contributed by atoms with van der Waals surface area (Å²) in [6.45, 7) is 2.98. The lowest BCUT2D eigenvalue weighted by molar-refractivity contribution is -0.138. The smallest absolute Gasteiger partial charge is 0.317 e. The van der Waals surface area contributed by atoms with Gasteiger partial charge < -0.3 is 10.2 Å². The molecule has 1 aromatic carbocycles. The van der Waals surface area contributed by atoms with Gasteiger partial charge in [-0.3, -0.25) is 9.69 Å². The Labute approximate surface area is 88.8 Å². The maximum Gasteiger partial charge on any atom is 0.317 e. The molecular formula is C11H15NO3. The van der Waals surface area contributed by atoms with Crippen molar-refractivity contribution in [2.75, 3.05) is 13.1 Å². The van der Waals surface area contributed by atoms with Crippen LogP contribution in [0.2, 0.25) is 0 Å². The van der Waals surface area contributed by atoms with Crippen molar-refractivity contribution in [3.8, 4) is 5.75 Å². The monoisotopic (exact) mass is 209 g/mol. The van der Waals surface area contributed by atoms with Crippen LogP contribution in [0, 0.1) is 0 Å². The van der Waals surface area contributed by atoms with Crippen molar-refractivity contribution in [1.82, 2.24) is 4.90 Å². The summed E-state index contributed by atoms with van der Waals surface area (Å²) >= 11 is 0. The van der Waals surface area contributed by atoms with Crippen LogP contribution in [0.3, 0.4) is 0 Å². The Hall–Kier alpha value is -1.55. The molecule has 4 heteroatoms. The Kier molecular flexibility index (Phi) is 4.12. The number of nitrogens with zero attached hydrogens (tertiary/aromatic N) is 1. The number of carboxylic acids is 1. The number of carbonyl (C=O) groups is 1. The Morgan fingerprint density at radius 1 is 1.40 bits per heavy atom. The lowest BCUT2D eigenvalue weighted by Crippen LogP contribution is -2.29. The zero-order chi connectivity index (χ0) is 11.3. The van der Waals surface area contributed by atoms with Crippen LogP contribution in [0.1, 0.15) is 12.5 Å². The van der Waals surface area contributed by atoms with Crippen LogP contribution < -0.4 is 0 Å². The van der Waals surface area contributed by atoms with Crippen molar-refractivity contribution in [3.63, 3.8) is 0 Å². The van der Waals surface area contributed by atoms with E-state index in [-0.39, 0.29) is 12.3 Å². The number of aliphatic carboxylic acids is 1. The third-order valence-electron chi connectivity index (χ3n) is 2.19. The van der Waals surface area contributed by atoms with E-state index in [1.807, 2.05) is 13.0 Å². The van der Waals surface area contributed by atoms with E-state index in [4.69, 9.17) is 5.11 Å². The van der Waals surface area contributed by atoms with Crippen LogP contribution >= 0.6 is 0 Å². The second-order valence-corrected chi connectivity index (χ2v) is 3.33. The number of phenolic OH excluding ortho intramolecular Hbond substituents is 1. The zero-order valence-electron chi connectivity index (χ0n) is 8.68. The number of phenols is 1. The number of para-hydroxylation sites is 1. The second kappa shape index (κ2) is 5.36. The highest BCUT2D eigenvalue weighted by molar-refractivity contribution is 5.69. The first-order valence-corrected chi connectivity index (χ1v) is 4.84. The molecule has 1 aromatic rings. The molecule has 0 aliphatic heterocycles. The molecule has 82 valence electrons. The average Bonchev–Trinajstić information content (AvgIpc) is 2.19. The normalized spacial score (nSPS) is 10.5. The first kappa shape index (κ1) is 11.5. The van der Waals surface area contributed by atoms with Gasteiger partial charge in [0.2, 0.25) is 0 Å². The maximum atomic E-state index is 10.5. The lowest BCUT2D eigenvalue weighted by atomic mass is 10.2. The van der Waals surface area contributed by atoms with Crippen LogP contribution in [0.4, 0.5) is 0 Å². The number of hydrogen-bond acceptors (Lipinski definition) is 3. The number of carboxylic acid groups (broad SMARTS) is 1. The number of rotatable bonds is 5. The van der Waals surface area contributed by atoms with Crippen molar-refractivity contribution >= 4 is 5.97 Å². The minimum Gasteiger partial charge on any atom is -0.508 e. The van der Waals surface area contributed by atoms with Gasteiger partial charge in [0.05, 0.1) is 6.54 Å². The number of likely N-dealkylation sites (N-methyl/N-ethyl adjacent to an activating group) is 1. The number of hydrogen-bond donors (Lipinski definition) is 2. The van der Waals surface area contributed by atoms with Crippen molar-refractivity contribution in [1.29, 1.82) is 0 Å². The van der Waals surface area contributed by atoms with Gasteiger partial charge in [0.15, 0.2) is 0 Å². The summed E-state index contributed by atoms with van der Waals surface area (Å²) < 4.78 is 0. The van der Waals surface area contributed by atoms with Gasteiger partial charge in [-0.15, -0.1) is 0 Å². The predicted octanol–water partition coefficient (Wildman–Crippen LogP) is 1.30. The molecule has 15 heavy (non-hydrogen) atoms. The molecule has 0 atom stereocenters. The highest BCUT2D eigenvalue weighted by Gasteiger charge is 2.09. The van der Waals surface area contributed by atoms with Gasteiger partial charge >= 0.3 is 5.97 Å². The SMILES string of the molecule is CCN(CC(=O)O)Cc1ccccc1O. The third kappa shape index (κ3) is 3.59. The van der Waals surface area contributed by atoms with E-state index >= 15 is 0 Å². The second-order valence-electron chi connectivity index (χ2n) is 3.33. The molecule has 2 N–H and O–H groups in total. The van der Waals surface area contributed by atoms with Gasteiger partial charge in [0, 0.05) is 12.1 Å². The summed E-state index contributed by atoms with van der Waals surface area (Å²) in [5.74, 6) is -0.645. The molecule has 0 fully saturated rings. The molecule has 0 aliphatic rings. The molecule has 0 aliphatic carbocycles. The topological polar surface area (TPSA) is 60.8 Å². The Balaban J connectivity index is 2.66. The highest BCUT2D eigenvalue weighted by Crippen LogP contribution is 2.17. The number of aromatic hydroxyl groups is 1. The molecule has 0 aromatic heterocycles. The van der Waals surface area contributed by atoms with Gasteiger partial charge in [-0.25, -0.2) is 0 Å². The van der Waals surface area contributed by atoms with Gasteiger partial charge in [-0.05, 0) is 12.6 Å². The summed E-state index contributed by atoms with van der Waals surface area (Å²) in [6.07, 6.45) is 0. The predicted molar refractivity (Wildman–Crippen MR) is 56.7 cm³/mol. The Morgan fingerprint density at radius 3 is 2.60 bits per heavy atom. The minimum atomic E-state index is -0.854. The Bertz CT molecular complexity index is 338. The van der Waals surface area contributed by atoms with E-state index < -0.39 is 5.97 Å². The van der Waals surface area contributed by atoms with Crippen LogP contribution in [0.15, 0.2) is 24.3 Å². The summed E-state index contributed by atoms with van der Waals surface area (Å²) in [6, 6.07) is 6.96. The molecule has 0 heterocycles. The molecule has 0 radical (unpaired) electrons. The van der Waals surface area contributed by atoms with Gasteiger partial charge in [-0.1, -0.05) is 25.1 Å². The lowest BCUT2D eigenvalue weighted by Gasteiger charge is -2.18. The number of benzene rings is 1.